The normalized spacial score (nSPS) is 11.0. The number of amides is 1. The Hall–Kier alpha value is -3.35. The molecule has 0 radical (unpaired) electrons. The monoisotopic (exact) mass is 481 g/mol. The Labute approximate surface area is 200 Å². The summed E-state index contributed by atoms with van der Waals surface area (Å²) in [6.07, 6.45) is 3.05. The number of nitrogens with one attached hydrogen (secondary N) is 1. The average molecular weight is 482 g/mol. The summed E-state index contributed by atoms with van der Waals surface area (Å²) in [7, 11) is 1.56. The van der Waals surface area contributed by atoms with Crippen LogP contribution in [0.4, 0.5) is 0 Å². The predicted octanol–water partition coefficient (Wildman–Crippen LogP) is 4.98. The van der Waals surface area contributed by atoms with Crippen LogP contribution in [0, 0.1) is 0 Å². The van der Waals surface area contributed by atoms with E-state index >= 15 is 0 Å². The van der Waals surface area contributed by atoms with Crippen LogP contribution in [0.3, 0.4) is 0 Å². The van der Waals surface area contributed by atoms with Crippen molar-refractivity contribution in [3.05, 3.63) is 92.3 Å². The highest BCUT2D eigenvalue weighted by molar-refractivity contribution is 6.42. The van der Waals surface area contributed by atoms with Gasteiger partial charge in [-0.15, -0.1) is 0 Å². The van der Waals surface area contributed by atoms with Gasteiger partial charge < -0.3 is 15.0 Å². The molecule has 168 valence electrons. The molecule has 2 aromatic heterocycles. The molecule has 0 saturated carbocycles. The second kappa shape index (κ2) is 9.65. The molecule has 0 aliphatic carbocycles. The lowest BCUT2D eigenvalue weighted by Crippen LogP contribution is -2.28. The van der Waals surface area contributed by atoms with Crippen molar-refractivity contribution >= 4 is 40.0 Å². The minimum atomic E-state index is -0.639. The number of pyridine rings is 2. The molecular weight excluding hydrogens is 461 g/mol. The van der Waals surface area contributed by atoms with Crippen LogP contribution in [0.1, 0.15) is 22.3 Å². The van der Waals surface area contributed by atoms with E-state index in [9.17, 15) is 14.7 Å². The van der Waals surface area contributed by atoms with Gasteiger partial charge >= 0.3 is 0 Å². The molecule has 0 fully saturated rings. The molecule has 2 N–H and O–H groups in total. The molecule has 0 saturated heterocycles. The first-order valence-corrected chi connectivity index (χ1v) is 11.1. The smallest absolute Gasteiger partial charge is 0.293 e. The van der Waals surface area contributed by atoms with E-state index in [1.807, 2.05) is 36.4 Å². The summed E-state index contributed by atoms with van der Waals surface area (Å²) in [6.45, 7) is 0.366. The van der Waals surface area contributed by atoms with Gasteiger partial charge in [0.05, 0.1) is 26.8 Å². The molecule has 6 nitrogen and oxygen atoms in total. The molecule has 2 heterocycles. The van der Waals surface area contributed by atoms with Crippen LogP contribution < -0.4 is 10.9 Å². The van der Waals surface area contributed by atoms with Crippen molar-refractivity contribution < 1.29 is 9.90 Å². The number of halogens is 2. The van der Waals surface area contributed by atoms with Gasteiger partial charge in [-0.25, -0.2) is 0 Å². The van der Waals surface area contributed by atoms with Crippen LogP contribution in [0.2, 0.25) is 10.0 Å². The third-order valence-corrected chi connectivity index (χ3v) is 6.20. The highest BCUT2D eigenvalue weighted by Crippen LogP contribution is 2.26. The van der Waals surface area contributed by atoms with Crippen molar-refractivity contribution in [1.29, 1.82) is 0 Å². The van der Waals surface area contributed by atoms with Gasteiger partial charge in [0.15, 0.2) is 5.75 Å². The number of rotatable bonds is 6. The number of nitrogens with zero attached hydrogens (tertiary/aromatic N) is 2. The fourth-order valence-electron chi connectivity index (χ4n) is 3.66. The third-order valence-electron chi connectivity index (χ3n) is 5.46. The first-order valence-electron chi connectivity index (χ1n) is 10.4. The van der Waals surface area contributed by atoms with Crippen LogP contribution in [-0.4, -0.2) is 27.1 Å². The number of aromatic hydroxyl groups is 1. The topological polar surface area (TPSA) is 84.2 Å². The van der Waals surface area contributed by atoms with Gasteiger partial charge in [-0.1, -0.05) is 41.4 Å². The molecule has 0 aliphatic rings. The van der Waals surface area contributed by atoms with Crippen molar-refractivity contribution in [2.75, 3.05) is 6.54 Å². The van der Waals surface area contributed by atoms with Crippen molar-refractivity contribution in [3.8, 4) is 17.0 Å². The second-order valence-electron chi connectivity index (χ2n) is 7.67. The minimum Gasteiger partial charge on any atom is -0.502 e. The number of carbonyl (C=O) groups excluding carboxylic acids is 1. The molecular formula is C25H21Cl2N3O3. The predicted molar refractivity (Wildman–Crippen MR) is 131 cm³/mol. The van der Waals surface area contributed by atoms with Crippen LogP contribution >= 0.6 is 23.2 Å². The Morgan fingerprint density at radius 1 is 1.09 bits per heavy atom. The van der Waals surface area contributed by atoms with Gasteiger partial charge in [-0.05, 0) is 60.4 Å². The number of aryl methyl sites for hydroxylation is 1. The molecule has 4 rings (SSSR count). The zero-order valence-electron chi connectivity index (χ0n) is 17.8. The number of hydrogen-bond acceptors (Lipinski definition) is 4. The van der Waals surface area contributed by atoms with E-state index in [2.05, 4.69) is 10.3 Å². The van der Waals surface area contributed by atoms with Gasteiger partial charge in [0.2, 0.25) is 0 Å². The highest BCUT2D eigenvalue weighted by Gasteiger charge is 2.19. The zero-order valence-corrected chi connectivity index (χ0v) is 19.3. The van der Waals surface area contributed by atoms with Crippen molar-refractivity contribution in [3.63, 3.8) is 0 Å². The molecule has 33 heavy (non-hydrogen) atoms. The summed E-state index contributed by atoms with van der Waals surface area (Å²) < 4.78 is 1.33. The lowest BCUT2D eigenvalue weighted by Gasteiger charge is -2.13. The summed E-state index contributed by atoms with van der Waals surface area (Å²) in [5.74, 6) is -1.09. The van der Waals surface area contributed by atoms with Crippen LogP contribution in [-0.2, 0) is 13.5 Å². The Balaban J connectivity index is 1.53. The average Bonchev–Trinajstić information content (AvgIpc) is 2.82. The van der Waals surface area contributed by atoms with Crippen LogP contribution in [0.5, 0.6) is 5.75 Å². The first kappa shape index (κ1) is 22.8. The molecule has 2 aromatic carbocycles. The quantitative estimate of drug-likeness (QED) is 0.380. The summed E-state index contributed by atoms with van der Waals surface area (Å²) in [5, 5.41) is 15.0. The first-order chi connectivity index (χ1) is 15.8. The maximum Gasteiger partial charge on any atom is 0.293 e. The summed E-state index contributed by atoms with van der Waals surface area (Å²) in [6, 6.07) is 16.3. The minimum absolute atomic E-state index is 0.0612. The van der Waals surface area contributed by atoms with Crippen molar-refractivity contribution in [2.45, 2.75) is 12.8 Å². The second-order valence-corrected chi connectivity index (χ2v) is 8.49. The fraction of sp³-hybridized carbons (Fsp3) is 0.160. The summed E-state index contributed by atoms with van der Waals surface area (Å²) in [5.41, 5.74) is 2.38. The molecule has 1 amide bonds. The fourth-order valence-corrected chi connectivity index (χ4v) is 3.98. The molecule has 0 unspecified atom stereocenters. The molecule has 8 heteroatoms. The SMILES string of the molecule is Cn1c(-c2ccc3ncccc3c2)cc(C(=O)NCCCc2ccc(Cl)c(Cl)c2)c(O)c1=O. The van der Waals surface area contributed by atoms with E-state index < -0.39 is 17.2 Å². The lowest BCUT2D eigenvalue weighted by atomic mass is 10.0. The molecule has 0 spiro atoms. The van der Waals surface area contributed by atoms with E-state index in [4.69, 9.17) is 23.2 Å². The van der Waals surface area contributed by atoms with E-state index in [0.29, 0.717) is 35.1 Å². The van der Waals surface area contributed by atoms with E-state index in [0.717, 1.165) is 22.0 Å². The molecule has 0 aliphatic heterocycles. The Bertz CT molecular complexity index is 1420. The van der Waals surface area contributed by atoms with E-state index in [-0.39, 0.29) is 5.56 Å². The summed E-state index contributed by atoms with van der Waals surface area (Å²) in [4.78, 5) is 29.7. The Morgan fingerprint density at radius 3 is 2.70 bits per heavy atom. The molecule has 0 bridgehead atoms. The van der Waals surface area contributed by atoms with Crippen molar-refractivity contribution in [2.24, 2.45) is 7.05 Å². The number of fused-ring (bicyclic) bond motifs is 1. The van der Waals surface area contributed by atoms with Crippen molar-refractivity contribution in [1.82, 2.24) is 14.9 Å². The van der Waals surface area contributed by atoms with Gasteiger partial charge in [-0.2, -0.15) is 0 Å². The van der Waals surface area contributed by atoms with Gasteiger partial charge in [0, 0.05) is 25.2 Å². The van der Waals surface area contributed by atoms with Crippen LogP contribution in [0.25, 0.3) is 22.2 Å². The number of aromatic nitrogens is 2. The maximum atomic E-state index is 12.8. The van der Waals surface area contributed by atoms with E-state index in [1.165, 1.54) is 10.6 Å². The van der Waals surface area contributed by atoms with Gasteiger partial charge in [0.25, 0.3) is 11.5 Å². The third kappa shape index (κ3) is 4.87. The highest BCUT2D eigenvalue weighted by atomic mass is 35.5. The largest absolute Gasteiger partial charge is 0.502 e. The van der Waals surface area contributed by atoms with E-state index in [1.54, 1.807) is 25.4 Å². The number of benzene rings is 2. The number of hydrogen-bond donors (Lipinski definition) is 2. The maximum absolute atomic E-state index is 12.8. The summed E-state index contributed by atoms with van der Waals surface area (Å²) >= 11 is 12.0. The molecule has 4 aromatic rings. The van der Waals surface area contributed by atoms with Gasteiger partial charge in [-0.3, -0.25) is 14.6 Å². The standard InChI is InChI=1S/C25H21Cl2N3O3/c1-30-22(17-7-9-21-16(13-17)5-3-10-28-21)14-18(23(31)25(30)33)24(32)29-11-2-4-15-6-8-19(26)20(27)12-15/h3,5-10,12-14,31H,2,4,11H2,1H3,(H,29,32). The van der Waals surface area contributed by atoms with Gasteiger partial charge in [0.1, 0.15) is 0 Å². The Kier molecular flexibility index (Phi) is 6.67. The number of carbonyl (C=O) groups is 1. The Morgan fingerprint density at radius 2 is 1.91 bits per heavy atom. The van der Waals surface area contributed by atoms with Crippen LogP contribution in [0.15, 0.2) is 65.6 Å². The lowest BCUT2D eigenvalue weighted by molar-refractivity contribution is 0.0950. The molecule has 0 atom stereocenters. The zero-order chi connectivity index (χ0) is 23.5.